The molecule has 0 bridgehead atoms. The first-order valence-corrected chi connectivity index (χ1v) is 6.42. The second-order valence-electron chi connectivity index (χ2n) is 4.50. The Morgan fingerprint density at radius 1 is 1.71 bits per heavy atom. The summed E-state index contributed by atoms with van der Waals surface area (Å²) in [6.45, 7) is 2.03. The molecule has 1 aromatic rings. The van der Waals surface area contributed by atoms with Crippen molar-refractivity contribution in [1.29, 1.82) is 0 Å². The lowest BCUT2D eigenvalue weighted by molar-refractivity contribution is -0.384. The Bertz CT molecular complexity index is 435. The summed E-state index contributed by atoms with van der Waals surface area (Å²) in [6, 6.07) is 1.69. The van der Waals surface area contributed by atoms with Crippen LogP contribution in [0.4, 0.5) is 11.5 Å². The lowest BCUT2D eigenvalue weighted by Crippen LogP contribution is -2.17. The third kappa shape index (κ3) is 3.39. The number of nitro groups is 1. The number of nitrogens with zero attached hydrogens (tertiary/aromatic N) is 2. The smallest absolute Gasteiger partial charge is 0.312 e. The van der Waals surface area contributed by atoms with E-state index in [0.717, 1.165) is 12.3 Å². The van der Waals surface area contributed by atoms with Crippen molar-refractivity contribution in [2.45, 2.75) is 32.2 Å². The topological polar surface area (TPSA) is 68.1 Å². The zero-order valence-corrected chi connectivity index (χ0v) is 11.1. The van der Waals surface area contributed by atoms with Gasteiger partial charge in [0.05, 0.1) is 4.92 Å². The Balaban J connectivity index is 2.10. The van der Waals surface area contributed by atoms with E-state index in [9.17, 15) is 10.1 Å². The van der Waals surface area contributed by atoms with Crippen LogP contribution >= 0.6 is 15.9 Å². The summed E-state index contributed by atoms with van der Waals surface area (Å²) in [4.78, 5) is 14.5. The minimum Gasteiger partial charge on any atom is -0.362 e. The number of anilines is 1. The van der Waals surface area contributed by atoms with Gasteiger partial charge in [0.15, 0.2) is 0 Å². The zero-order valence-electron chi connectivity index (χ0n) is 9.52. The van der Waals surface area contributed by atoms with Crippen LogP contribution in [0.1, 0.15) is 26.2 Å². The van der Waals surface area contributed by atoms with Gasteiger partial charge in [-0.25, -0.2) is 4.98 Å². The number of aromatic nitrogens is 1. The molecule has 6 heteroatoms. The average molecular weight is 300 g/mol. The molecule has 17 heavy (non-hydrogen) atoms. The summed E-state index contributed by atoms with van der Waals surface area (Å²) in [5.74, 6) is 1.14. The van der Waals surface area contributed by atoms with Crippen LogP contribution < -0.4 is 5.32 Å². The van der Waals surface area contributed by atoms with Crippen molar-refractivity contribution in [3.63, 3.8) is 0 Å². The van der Waals surface area contributed by atoms with Crippen LogP contribution in [0.25, 0.3) is 0 Å². The van der Waals surface area contributed by atoms with Crippen molar-refractivity contribution >= 4 is 27.4 Å². The van der Waals surface area contributed by atoms with E-state index in [1.165, 1.54) is 18.9 Å². The van der Waals surface area contributed by atoms with Crippen molar-refractivity contribution in [3.05, 3.63) is 26.9 Å². The molecular formula is C11H14BrN3O2. The number of hydrogen-bond donors (Lipinski definition) is 1. The van der Waals surface area contributed by atoms with Crippen molar-refractivity contribution in [3.8, 4) is 0 Å². The highest BCUT2D eigenvalue weighted by atomic mass is 79.9. The maximum atomic E-state index is 10.9. The van der Waals surface area contributed by atoms with Gasteiger partial charge in [-0.15, -0.1) is 0 Å². The Morgan fingerprint density at radius 2 is 2.41 bits per heavy atom. The van der Waals surface area contributed by atoms with Crippen molar-refractivity contribution in [2.24, 2.45) is 5.92 Å². The van der Waals surface area contributed by atoms with Gasteiger partial charge < -0.3 is 5.32 Å². The average Bonchev–Trinajstić information content (AvgIpc) is 3.04. The molecule has 1 atom stereocenters. The van der Waals surface area contributed by atoms with Gasteiger partial charge in [-0.05, 0) is 35.2 Å². The lowest BCUT2D eigenvalue weighted by Gasteiger charge is -2.13. The van der Waals surface area contributed by atoms with Crippen LogP contribution in [0.3, 0.4) is 0 Å². The van der Waals surface area contributed by atoms with Gasteiger partial charge in [0, 0.05) is 22.8 Å². The second kappa shape index (κ2) is 5.00. The molecular weight excluding hydrogens is 286 g/mol. The molecule has 1 N–H and O–H groups in total. The maximum absolute atomic E-state index is 10.9. The van der Waals surface area contributed by atoms with Gasteiger partial charge in [0.1, 0.15) is 0 Å². The van der Waals surface area contributed by atoms with Gasteiger partial charge in [-0.2, -0.15) is 0 Å². The highest BCUT2D eigenvalue weighted by Gasteiger charge is 2.25. The van der Waals surface area contributed by atoms with Gasteiger partial charge in [0.25, 0.3) is 0 Å². The normalized spacial score (nSPS) is 16.6. The van der Waals surface area contributed by atoms with E-state index in [2.05, 4.69) is 26.2 Å². The number of hydrogen-bond acceptors (Lipinski definition) is 4. The first kappa shape index (κ1) is 12.3. The van der Waals surface area contributed by atoms with Crippen LogP contribution in [0.15, 0.2) is 16.7 Å². The summed E-state index contributed by atoms with van der Waals surface area (Å²) in [5, 5.41) is 14.0. The summed E-state index contributed by atoms with van der Waals surface area (Å²) in [6.07, 6.45) is 5.18. The largest absolute Gasteiger partial charge is 0.362 e. The molecule has 1 saturated carbocycles. The third-order valence-electron chi connectivity index (χ3n) is 2.80. The molecule has 0 saturated heterocycles. The van der Waals surface area contributed by atoms with Crippen LogP contribution in [-0.2, 0) is 0 Å². The predicted molar refractivity (Wildman–Crippen MR) is 69.0 cm³/mol. The maximum Gasteiger partial charge on any atom is 0.312 e. The van der Waals surface area contributed by atoms with E-state index < -0.39 is 4.92 Å². The predicted octanol–water partition coefficient (Wildman–Crippen LogP) is 3.35. The Kier molecular flexibility index (Phi) is 3.61. The first-order chi connectivity index (χ1) is 8.06. The number of nitrogens with one attached hydrogen (secondary N) is 1. The zero-order chi connectivity index (χ0) is 12.4. The molecule has 0 radical (unpaired) electrons. The molecule has 1 aliphatic carbocycles. The van der Waals surface area contributed by atoms with Crippen molar-refractivity contribution in [1.82, 2.24) is 4.98 Å². The number of halogens is 1. The van der Waals surface area contributed by atoms with Gasteiger partial charge in [-0.1, -0.05) is 12.8 Å². The molecule has 1 aromatic heterocycles. The molecule has 0 aliphatic heterocycles. The standard InChI is InChI=1S/C11H14BrN3O2/c1-7(4-8-2-3-8)14-11-10(15(16)17)5-9(12)6-13-11/h5-8H,2-4H2,1H3,(H,13,14). The van der Waals surface area contributed by atoms with Crippen LogP contribution in [0, 0.1) is 16.0 Å². The molecule has 5 nitrogen and oxygen atoms in total. The summed E-state index contributed by atoms with van der Waals surface area (Å²) < 4.78 is 0.615. The highest BCUT2D eigenvalue weighted by molar-refractivity contribution is 9.10. The quantitative estimate of drug-likeness (QED) is 0.669. The Hall–Kier alpha value is -1.17. The van der Waals surface area contributed by atoms with E-state index in [0.29, 0.717) is 10.3 Å². The molecule has 0 spiro atoms. The molecule has 0 aromatic carbocycles. The SMILES string of the molecule is CC(CC1CC1)Nc1ncc(Br)cc1[N+](=O)[O-]. The van der Waals surface area contributed by atoms with Crippen molar-refractivity contribution < 1.29 is 4.92 Å². The molecule has 1 heterocycles. The Morgan fingerprint density at radius 3 is 3.00 bits per heavy atom. The van der Waals surface area contributed by atoms with Gasteiger partial charge >= 0.3 is 5.69 Å². The summed E-state index contributed by atoms with van der Waals surface area (Å²) >= 11 is 3.19. The summed E-state index contributed by atoms with van der Waals surface area (Å²) in [5.41, 5.74) is 0.0158. The van der Waals surface area contributed by atoms with Gasteiger partial charge in [-0.3, -0.25) is 10.1 Å². The summed E-state index contributed by atoms with van der Waals surface area (Å²) in [7, 11) is 0. The van der Waals surface area contributed by atoms with Crippen LogP contribution in [0.5, 0.6) is 0 Å². The number of rotatable bonds is 5. The molecule has 1 aliphatic rings. The monoisotopic (exact) mass is 299 g/mol. The third-order valence-corrected chi connectivity index (χ3v) is 3.23. The van der Waals surface area contributed by atoms with Gasteiger partial charge in [0.2, 0.25) is 5.82 Å². The van der Waals surface area contributed by atoms with E-state index in [4.69, 9.17) is 0 Å². The van der Waals surface area contributed by atoms with E-state index in [-0.39, 0.29) is 11.7 Å². The second-order valence-corrected chi connectivity index (χ2v) is 5.42. The number of pyridine rings is 1. The fourth-order valence-corrected chi connectivity index (χ4v) is 2.14. The van der Waals surface area contributed by atoms with E-state index in [1.54, 1.807) is 6.20 Å². The fraction of sp³-hybridized carbons (Fsp3) is 0.545. The highest BCUT2D eigenvalue weighted by Crippen LogP contribution is 2.34. The lowest BCUT2D eigenvalue weighted by atomic mass is 10.1. The van der Waals surface area contributed by atoms with Crippen molar-refractivity contribution in [2.75, 3.05) is 5.32 Å². The molecule has 2 rings (SSSR count). The first-order valence-electron chi connectivity index (χ1n) is 5.62. The van der Waals surface area contributed by atoms with E-state index >= 15 is 0 Å². The van der Waals surface area contributed by atoms with Crippen LogP contribution in [0.2, 0.25) is 0 Å². The molecule has 92 valence electrons. The fourth-order valence-electron chi connectivity index (χ4n) is 1.82. The Labute approximate surface area is 108 Å². The molecule has 1 fully saturated rings. The minimum atomic E-state index is -0.413. The molecule has 0 amide bonds. The minimum absolute atomic E-state index is 0.0158. The van der Waals surface area contributed by atoms with Crippen LogP contribution in [-0.4, -0.2) is 15.9 Å². The van der Waals surface area contributed by atoms with E-state index in [1.807, 2.05) is 6.92 Å². The molecule has 1 unspecified atom stereocenters.